The number of hydrogen-bond donors (Lipinski definition) is 1. The van der Waals surface area contributed by atoms with Gasteiger partial charge in [0, 0.05) is 17.3 Å². The molecular formula is C29H24F9NO4. The van der Waals surface area contributed by atoms with E-state index >= 15 is 0 Å². The fourth-order valence-electron chi connectivity index (χ4n) is 4.93. The maximum Gasteiger partial charge on any atom is 0.430 e. The fraction of sp³-hybridized carbons (Fsp3) is 0.345. The molecule has 0 spiro atoms. The summed E-state index contributed by atoms with van der Waals surface area (Å²) in [5.41, 5.74) is -7.58. The average molecular weight is 621 g/mol. The van der Waals surface area contributed by atoms with Crippen LogP contribution in [-0.4, -0.2) is 43.5 Å². The summed E-state index contributed by atoms with van der Waals surface area (Å²) in [5.74, 6) is 0.752. The molecule has 3 aromatic carbocycles. The Morgan fingerprint density at radius 3 is 2.02 bits per heavy atom. The van der Waals surface area contributed by atoms with Crippen LogP contribution in [0.15, 0.2) is 66.7 Å². The molecule has 232 valence electrons. The summed E-state index contributed by atoms with van der Waals surface area (Å²) in [7, 11) is 1.42. The van der Waals surface area contributed by atoms with E-state index in [-0.39, 0.29) is 36.2 Å². The van der Waals surface area contributed by atoms with Gasteiger partial charge < -0.3 is 24.3 Å². The number of halogens is 9. The number of anilines is 1. The van der Waals surface area contributed by atoms with Crippen molar-refractivity contribution in [3.8, 4) is 11.5 Å². The van der Waals surface area contributed by atoms with Gasteiger partial charge in [0.2, 0.25) is 0 Å². The molecule has 0 saturated heterocycles. The van der Waals surface area contributed by atoms with E-state index < -0.39 is 47.4 Å². The first-order chi connectivity index (χ1) is 20.0. The maximum atomic E-state index is 13.6. The van der Waals surface area contributed by atoms with Gasteiger partial charge in [0.05, 0.1) is 19.2 Å². The van der Waals surface area contributed by atoms with Crippen LogP contribution < -0.4 is 14.4 Å². The van der Waals surface area contributed by atoms with Crippen LogP contribution in [0.5, 0.6) is 11.5 Å². The number of alkyl halides is 9. The van der Waals surface area contributed by atoms with Crippen LogP contribution >= 0.6 is 0 Å². The first-order valence-electron chi connectivity index (χ1n) is 12.7. The molecule has 4 rings (SSSR count). The van der Waals surface area contributed by atoms with Gasteiger partial charge in [-0.1, -0.05) is 30.3 Å². The third kappa shape index (κ3) is 6.38. The molecule has 0 aliphatic carbocycles. The molecule has 0 amide bonds. The highest BCUT2D eigenvalue weighted by atomic mass is 19.4. The molecule has 2 atom stereocenters. The van der Waals surface area contributed by atoms with Crippen LogP contribution in [0.3, 0.4) is 0 Å². The van der Waals surface area contributed by atoms with E-state index in [0.29, 0.717) is 29.9 Å². The van der Waals surface area contributed by atoms with Crippen molar-refractivity contribution in [3.63, 3.8) is 0 Å². The molecule has 0 fully saturated rings. The number of fused-ring (bicyclic) bond motifs is 1. The number of carbonyl (C=O) groups is 1. The van der Waals surface area contributed by atoms with E-state index in [1.807, 2.05) is 0 Å². The molecule has 1 aliphatic heterocycles. The molecule has 5 nitrogen and oxygen atoms in total. The van der Waals surface area contributed by atoms with Crippen molar-refractivity contribution >= 4 is 12.0 Å². The number of aryl methyl sites for hydroxylation is 1. The summed E-state index contributed by atoms with van der Waals surface area (Å²) in [5, 5.41) is 9.97. The van der Waals surface area contributed by atoms with Crippen molar-refractivity contribution < 1.29 is 58.9 Å². The van der Waals surface area contributed by atoms with Crippen LogP contribution in [0.4, 0.5) is 45.2 Å². The Labute approximate surface area is 239 Å². The standard InChI is InChI=1S/C29H24F9NO4/c1-42-21-3-2-4-22(14-21)43-23-11-7-18-13-20(26(41,28(33,34)35)29(36,37)38)10-12-24(18)39(15-23)25(16-40)17-5-8-19(9-6-17)27(30,31)32/h2-6,8-10,12-14,16,23,25,41H,7,11,15H2,1H3/t23-,25?/m0/s1. The van der Waals surface area contributed by atoms with Gasteiger partial charge in [0.15, 0.2) is 0 Å². The highest BCUT2D eigenvalue weighted by Crippen LogP contribution is 2.51. The number of rotatable bonds is 7. The molecule has 43 heavy (non-hydrogen) atoms. The first kappa shape index (κ1) is 32.0. The Bertz CT molecular complexity index is 1420. The van der Waals surface area contributed by atoms with Crippen LogP contribution in [0.25, 0.3) is 0 Å². The Kier molecular flexibility index (Phi) is 8.65. The van der Waals surface area contributed by atoms with E-state index in [1.165, 1.54) is 12.0 Å². The number of methoxy groups -OCH3 is 1. The number of benzene rings is 3. The number of aliphatic hydroxyl groups is 1. The summed E-state index contributed by atoms with van der Waals surface area (Å²) in [6, 6.07) is 10.7. The highest BCUT2D eigenvalue weighted by Gasteiger charge is 2.71. The van der Waals surface area contributed by atoms with Crippen molar-refractivity contribution in [1.82, 2.24) is 0 Å². The van der Waals surface area contributed by atoms with E-state index in [1.54, 1.807) is 24.3 Å². The van der Waals surface area contributed by atoms with Gasteiger partial charge in [0.25, 0.3) is 5.60 Å². The fourth-order valence-corrected chi connectivity index (χ4v) is 4.93. The summed E-state index contributed by atoms with van der Waals surface area (Å²) >= 11 is 0. The van der Waals surface area contributed by atoms with Gasteiger partial charge >= 0.3 is 18.5 Å². The van der Waals surface area contributed by atoms with Crippen LogP contribution in [0, 0.1) is 0 Å². The second-order valence-corrected chi connectivity index (χ2v) is 9.86. The van der Waals surface area contributed by atoms with E-state index in [0.717, 1.165) is 30.3 Å². The van der Waals surface area contributed by atoms with Crippen molar-refractivity contribution in [2.45, 2.75) is 49.1 Å². The molecular weight excluding hydrogens is 597 g/mol. The van der Waals surface area contributed by atoms with E-state index in [9.17, 15) is 49.4 Å². The lowest BCUT2D eigenvalue weighted by molar-refractivity contribution is -0.376. The maximum absolute atomic E-state index is 13.6. The summed E-state index contributed by atoms with van der Waals surface area (Å²) in [6.07, 6.45) is -17.4. The van der Waals surface area contributed by atoms with Crippen molar-refractivity contribution in [1.29, 1.82) is 0 Å². The summed E-state index contributed by atoms with van der Waals surface area (Å²) < 4.78 is 132. The molecule has 1 heterocycles. The van der Waals surface area contributed by atoms with Gasteiger partial charge in [-0.15, -0.1) is 0 Å². The summed E-state index contributed by atoms with van der Waals surface area (Å²) in [6.45, 7) is -0.128. The SMILES string of the molecule is COc1cccc(O[C@H]2CCc3cc(C(O)(C(F)(F)F)C(F)(F)F)ccc3N(C(C=O)c3ccc(C(F)(F)F)cc3)C2)c1. The minimum Gasteiger partial charge on any atom is -0.497 e. The predicted octanol–water partition coefficient (Wildman–Crippen LogP) is 7.17. The smallest absolute Gasteiger partial charge is 0.430 e. The number of ether oxygens (including phenoxy) is 2. The van der Waals surface area contributed by atoms with Gasteiger partial charge in [-0.05, 0) is 54.3 Å². The molecule has 1 aliphatic rings. The van der Waals surface area contributed by atoms with E-state index in [4.69, 9.17) is 9.47 Å². The topological polar surface area (TPSA) is 59.0 Å². The average Bonchev–Trinajstić information content (AvgIpc) is 3.11. The first-order valence-corrected chi connectivity index (χ1v) is 12.7. The number of hydrogen-bond acceptors (Lipinski definition) is 5. The Hall–Kier alpha value is -3.94. The summed E-state index contributed by atoms with van der Waals surface area (Å²) in [4.78, 5) is 13.7. The molecule has 1 unspecified atom stereocenters. The minimum absolute atomic E-state index is 0.0455. The zero-order chi connectivity index (χ0) is 31.8. The van der Waals surface area contributed by atoms with Gasteiger partial charge in [-0.3, -0.25) is 0 Å². The van der Waals surface area contributed by atoms with Crippen molar-refractivity contribution in [2.75, 3.05) is 18.6 Å². The number of carbonyl (C=O) groups excluding carboxylic acids is 1. The van der Waals surface area contributed by atoms with Gasteiger partial charge in [-0.2, -0.15) is 39.5 Å². The van der Waals surface area contributed by atoms with Crippen LogP contribution in [-0.2, 0) is 23.0 Å². The molecule has 3 aromatic rings. The normalized spacial score (nSPS) is 17.1. The lowest BCUT2D eigenvalue weighted by atomic mass is 9.89. The zero-order valence-corrected chi connectivity index (χ0v) is 22.2. The zero-order valence-electron chi connectivity index (χ0n) is 22.2. The van der Waals surface area contributed by atoms with E-state index in [2.05, 4.69) is 0 Å². The van der Waals surface area contributed by atoms with Gasteiger partial charge in [-0.25, -0.2) is 0 Å². The molecule has 1 N–H and O–H groups in total. The predicted molar refractivity (Wildman–Crippen MR) is 136 cm³/mol. The third-order valence-corrected chi connectivity index (χ3v) is 7.15. The van der Waals surface area contributed by atoms with Crippen molar-refractivity contribution in [2.24, 2.45) is 0 Å². The molecule has 14 heteroatoms. The van der Waals surface area contributed by atoms with Crippen LogP contribution in [0.1, 0.15) is 34.7 Å². The van der Waals surface area contributed by atoms with Crippen LogP contribution in [0.2, 0.25) is 0 Å². The second-order valence-electron chi connectivity index (χ2n) is 9.86. The largest absolute Gasteiger partial charge is 0.497 e. The molecule has 0 bridgehead atoms. The Morgan fingerprint density at radius 1 is 0.860 bits per heavy atom. The second kappa shape index (κ2) is 11.6. The van der Waals surface area contributed by atoms with Crippen molar-refractivity contribution in [3.05, 3.63) is 89.0 Å². The Balaban J connectivity index is 1.81. The molecule has 0 radical (unpaired) electrons. The molecule has 0 aromatic heterocycles. The number of nitrogens with zero attached hydrogens (tertiary/aromatic N) is 1. The molecule has 0 saturated carbocycles. The minimum atomic E-state index is -6.12. The highest BCUT2D eigenvalue weighted by molar-refractivity contribution is 5.71. The lowest BCUT2D eigenvalue weighted by Crippen LogP contribution is -2.54. The third-order valence-electron chi connectivity index (χ3n) is 7.15. The lowest BCUT2D eigenvalue weighted by Gasteiger charge is -2.35. The quantitative estimate of drug-likeness (QED) is 0.224. The Morgan fingerprint density at radius 2 is 1.47 bits per heavy atom. The number of aldehydes is 1. The van der Waals surface area contributed by atoms with Gasteiger partial charge in [0.1, 0.15) is 29.9 Å². The monoisotopic (exact) mass is 621 g/mol.